The lowest BCUT2D eigenvalue weighted by Crippen LogP contribution is -2.36. The second kappa shape index (κ2) is 3.55. The quantitative estimate of drug-likeness (QED) is 0.526. The maximum atomic E-state index is 5.44. The summed E-state index contributed by atoms with van der Waals surface area (Å²) in [6.07, 6.45) is 1.18. The Morgan fingerprint density at radius 1 is 1.27 bits per heavy atom. The molecule has 0 aromatic carbocycles. The zero-order chi connectivity index (χ0) is 8.32. The predicted octanol–water partition coefficient (Wildman–Crippen LogP) is 1.36. The van der Waals surface area contributed by atoms with E-state index < -0.39 is 0 Å². The first-order valence-corrected chi connectivity index (χ1v) is 4.36. The Balaban J connectivity index is 2.42. The molecule has 0 atom stereocenters. The topological polar surface area (TPSA) is 12.5 Å². The van der Waals surface area contributed by atoms with Gasteiger partial charge in [0.2, 0.25) is 0 Å². The number of hydrogen-bond acceptors (Lipinski definition) is 2. The highest BCUT2D eigenvalue weighted by Crippen LogP contribution is 2.22. The van der Waals surface area contributed by atoms with Crippen LogP contribution in [0, 0.1) is 5.41 Å². The van der Waals surface area contributed by atoms with Crippen molar-refractivity contribution in [1.29, 1.82) is 0 Å². The average molecular weight is 157 g/mol. The highest BCUT2D eigenvalue weighted by atomic mass is 16.5. The van der Waals surface area contributed by atoms with Gasteiger partial charge in [-0.3, -0.25) is 0 Å². The van der Waals surface area contributed by atoms with Gasteiger partial charge < -0.3 is 9.64 Å². The first-order chi connectivity index (χ1) is 5.10. The summed E-state index contributed by atoms with van der Waals surface area (Å²) in [7, 11) is 2.16. The molecule has 2 heteroatoms. The molecule has 0 unspecified atom stereocenters. The van der Waals surface area contributed by atoms with E-state index in [2.05, 4.69) is 25.8 Å². The summed E-state index contributed by atoms with van der Waals surface area (Å²) in [6, 6.07) is 0. The van der Waals surface area contributed by atoms with Gasteiger partial charge in [0, 0.05) is 19.7 Å². The number of hydrogen-bond donors (Lipinski definition) is 0. The second-order valence-corrected chi connectivity index (χ2v) is 4.26. The molecule has 1 saturated heterocycles. The molecule has 0 saturated carbocycles. The Morgan fingerprint density at radius 3 is 2.73 bits per heavy atom. The van der Waals surface area contributed by atoms with Crippen LogP contribution in [0.2, 0.25) is 0 Å². The SMILES string of the molecule is CN1CCOCCC(C)(C)C1. The first kappa shape index (κ1) is 9.01. The molecule has 1 fully saturated rings. The minimum Gasteiger partial charge on any atom is -0.380 e. The minimum atomic E-state index is 0.426. The predicted molar refractivity (Wildman–Crippen MR) is 46.7 cm³/mol. The highest BCUT2D eigenvalue weighted by molar-refractivity contribution is 4.73. The van der Waals surface area contributed by atoms with Gasteiger partial charge in [0.25, 0.3) is 0 Å². The van der Waals surface area contributed by atoms with Gasteiger partial charge in [-0.25, -0.2) is 0 Å². The van der Waals surface area contributed by atoms with Gasteiger partial charge in [-0.05, 0) is 18.9 Å². The van der Waals surface area contributed by atoms with Gasteiger partial charge in [0.1, 0.15) is 0 Å². The molecule has 0 aliphatic carbocycles. The summed E-state index contributed by atoms with van der Waals surface area (Å²) in [5.74, 6) is 0. The summed E-state index contributed by atoms with van der Waals surface area (Å²) in [5, 5.41) is 0. The maximum Gasteiger partial charge on any atom is 0.0593 e. The largest absolute Gasteiger partial charge is 0.380 e. The molecule has 0 radical (unpaired) electrons. The molecular weight excluding hydrogens is 138 g/mol. The molecule has 11 heavy (non-hydrogen) atoms. The molecule has 0 bridgehead atoms. The van der Waals surface area contributed by atoms with Crippen LogP contribution in [0.25, 0.3) is 0 Å². The van der Waals surface area contributed by atoms with E-state index in [0.29, 0.717) is 5.41 Å². The smallest absolute Gasteiger partial charge is 0.0593 e. The van der Waals surface area contributed by atoms with Crippen LogP contribution in [0.5, 0.6) is 0 Å². The fourth-order valence-electron chi connectivity index (χ4n) is 1.56. The lowest BCUT2D eigenvalue weighted by molar-refractivity contribution is 0.0444. The maximum absolute atomic E-state index is 5.44. The van der Waals surface area contributed by atoms with Crippen LogP contribution in [-0.4, -0.2) is 38.3 Å². The van der Waals surface area contributed by atoms with Crippen LogP contribution in [0.4, 0.5) is 0 Å². The molecule has 0 N–H and O–H groups in total. The summed E-state index contributed by atoms with van der Waals surface area (Å²) in [6.45, 7) is 8.70. The van der Waals surface area contributed by atoms with Crippen LogP contribution in [0.1, 0.15) is 20.3 Å². The van der Waals surface area contributed by atoms with Gasteiger partial charge in [-0.1, -0.05) is 13.8 Å². The van der Waals surface area contributed by atoms with E-state index in [4.69, 9.17) is 4.74 Å². The third-order valence-corrected chi connectivity index (χ3v) is 2.24. The Morgan fingerprint density at radius 2 is 2.00 bits per heavy atom. The van der Waals surface area contributed by atoms with Gasteiger partial charge in [-0.2, -0.15) is 0 Å². The van der Waals surface area contributed by atoms with E-state index in [-0.39, 0.29) is 0 Å². The average Bonchev–Trinajstić information content (AvgIpc) is 1.82. The van der Waals surface area contributed by atoms with Crippen molar-refractivity contribution in [2.75, 3.05) is 33.4 Å². The first-order valence-electron chi connectivity index (χ1n) is 4.36. The van der Waals surface area contributed by atoms with Crippen LogP contribution in [0.3, 0.4) is 0 Å². The molecule has 1 rings (SSSR count). The fraction of sp³-hybridized carbons (Fsp3) is 1.00. The van der Waals surface area contributed by atoms with Crippen molar-refractivity contribution in [2.45, 2.75) is 20.3 Å². The number of likely N-dealkylation sites (N-methyl/N-ethyl adjacent to an activating group) is 1. The minimum absolute atomic E-state index is 0.426. The standard InChI is InChI=1S/C9H19NO/c1-9(2)4-6-11-7-5-10(3)8-9/h4-8H2,1-3H3. The Bertz CT molecular complexity index is 123. The van der Waals surface area contributed by atoms with Crippen LogP contribution in [0.15, 0.2) is 0 Å². The van der Waals surface area contributed by atoms with Crippen LogP contribution < -0.4 is 0 Å². The second-order valence-electron chi connectivity index (χ2n) is 4.26. The molecule has 66 valence electrons. The van der Waals surface area contributed by atoms with Gasteiger partial charge >= 0.3 is 0 Å². The molecule has 0 aromatic heterocycles. The molecule has 0 spiro atoms. The van der Waals surface area contributed by atoms with Gasteiger partial charge in [0.05, 0.1) is 6.61 Å². The third-order valence-electron chi connectivity index (χ3n) is 2.24. The van der Waals surface area contributed by atoms with Crippen LogP contribution in [-0.2, 0) is 4.74 Å². The molecule has 1 aliphatic heterocycles. The zero-order valence-electron chi connectivity index (χ0n) is 7.89. The Kier molecular flexibility index (Phi) is 2.90. The zero-order valence-corrected chi connectivity index (χ0v) is 7.89. The summed E-state index contributed by atoms with van der Waals surface area (Å²) in [4.78, 5) is 2.35. The van der Waals surface area contributed by atoms with Crippen LogP contribution >= 0.6 is 0 Å². The van der Waals surface area contributed by atoms with Crippen molar-refractivity contribution >= 4 is 0 Å². The van der Waals surface area contributed by atoms with E-state index in [1.807, 2.05) is 0 Å². The van der Waals surface area contributed by atoms with Crippen molar-refractivity contribution in [2.24, 2.45) is 5.41 Å². The van der Waals surface area contributed by atoms with Gasteiger partial charge in [-0.15, -0.1) is 0 Å². The summed E-state index contributed by atoms with van der Waals surface area (Å²) in [5.41, 5.74) is 0.426. The Hall–Kier alpha value is -0.0800. The van der Waals surface area contributed by atoms with E-state index in [9.17, 15) is 0 Å². The molecule has 2 nitrogen and oxygen atoms in total. The monoisotopic (exact) mass is 157 g/mol. The molecule has 1 aliphatic rings. The molecule has 0 amide bonds. The van der Waals surface area contributed by atoms with Crippen molar-refractivity contribution in [1.82, 2.24) is 4.90 Å². The number of rotatable bonds is 0. The Labute approximate surface area is 69.5 Å². The molecule has 0 aromatic rings. The van der Waals surface area contributed by atoms with Gasteiger partial charge in [0.15, 0.2) is 0 Å². The summed E-state index contributed by atoms with van der Waals surface area (Å²) < 4.78 is 5.44. The fourth-order valence-corrected chi connectivity index (χ4v) is 1.56. The van der Waals surface area contributed by atoms with E-state index in [1.54, 1.807) is 0 Å². The normalized spacial score (nSPS) is 27.5. The van der Waals surface area contributed by atoms with E-state index in [1.165, 1.54) is 13.0 Å². The van der Waals surface area contributed by atoms with Crippen molar-refractivity contribution in [3.05, 3.63) is 0 Å². The summed E-state index contributed by atoms with van der Waals surface area (Å²) >= 11 is 0. The lowest BCUT2D eigenvalue weighted by Gasteiger charge is -2.32. The number of ether oxygens (including phenoxy) is 1. The van der Waals surface area contributed by atoms with Crippen molar-refractivity contribution < 1.29 is 4.74 Å². The highest BCUT2D eigenvalue weighted by Gasteiger charge is 2.21. The number of nitrogens with zero attached hydrogens (tertiary/aromatic N) is 1. The third kappa shape index (κ3) is 3.21. The van der Waals surface area contributed by atoms with Crippen molar-refractivity contribution in [3.63, 3.8) is 0 Å². The van der Waals surface area contributed by atoms with E-state index in [0.717, 1.165) is 19.8 Å². The molecule has 1 heterocycles. The van der Waals surface area contributed by atoms with E-state index >= 15 is 0 Å². The molecular formula is C9H19NO. The lowest BCUT2D eigenvalue weighted by atomic mass is 9.89. The van der Waals surface area contributed by atoms with Crippen molar-refractivity contribution in [3.8, 4) is 0 Å².